The minimum atomic E-state index is -0.263. The first-order chi connectivity index (χ1) is 11.1. The summed E-state index contributed by atoms with van der Waals surface area (Å²) in [6, 6.07) is 5.17. The van der Waals surface area contributed by atoms with Gasteiger partial charge >= 0.3 is 0 Å². The molecule has 2 aromatic rings. The molecule has 0 aromatic carbocycles. The van der Waals surface area contributed by atoms with Gasteiger partial charge in [-0.15, -0.1) is 36.2 Å². The zero-order chi connectivity index (χ0) is 16.7. The molecule has 6 nitrogen and oxygen atoms in total. The van der Waals surface area contributed by atoms with E-state index in [9.17, 15) is 9.59 Å². The van der Waals surface area contributed by atoms with Crippen LogP contribution in [0.15, 0.2) is 36.0 Å². The van der Waals surface area contributed by atoms with Gasteiger partial charge in [-0.3, -0.25) is 14.6 Å². The second-order valence-electron chi connectivity index (χ2n) is 5.02. The number of carbonyl (C=O) groups excluding carboxylic acids is 2. The topological polar surface area (TPSA) is 83.1 Å². The number of carbonyl (C=O) groups is 2. The molecule has 0 aliphatic heterocycles. The first kappa shape index (κ1) is 23.3. The highest BCUT2D eigenvalue weighted by Gasteiger charge is 2.16. The number of aromatic nitrogens is 1. The van der Waals surface area contributed by atoms with Crippen molar-refractivity contribution >= 4 is 53.7 Å². The van der Waals surface area contributed by atoms with Crippen LogP contribution in [0.3, 0.4) is 0 Å². The van der Waals surface area contributed by atoms with Crippen molar-refractivity contribution in [2.75, 3.05) is 18.4 Å². The first-order valence-electron chi connectivity index (χ1n) is 7.42. The Bertz CT molecular complexity index is 667. The lowest BCUT2D eigenvalue weighted by Crippen LogP contribution is -2.38. The van der Waals surface area contributed by atoms with Crippen molar-refractivity contribution in [3.8, 4) is 0 Å². The molecule has 3 N–H and O–H groups in total. The summed E-state index contributed by atoms with van der Waals surface area (Å²) in [6.07, 6.45) is 3.11. The summed E-state index contributed by atoms with van der Waals surface area (Å²) in [5.74, 6) is -0.448. The van der Waals surface area contributed by atoms with Crippen LogP contribution in [-0.2, 0) is 0 Å². The second kappa shape index (κ2) is 11.8. The lowest BCUT2D eigenvalue weighted by Gasteiger charge is -2.13. The number of hydrogen-bond acceptors (Lipinski definition) is 5. The van der Waals surface area contributed by atoms with E-state index in [0.29, 0.717) is 22.7 Å². The molecule has 0 saturated heterocycles. The molecule has 0 unspecified atom stereocenters. The van der Waals surface area contributed by atoms with Crippen LogP contribution in [0.1, 0.15) is 33.9 Å². The molecule has 2 heterocycles. The lowest BCUT2D eigenvalue weighted by molar-refractivity contribution is 0.0955. The van der Waals surface area contributed by atoms with E-state index in [-0.39, 0.29) is 42.7 Å². The number of thiophene rings is 1. The molecule has 1 atom stereocenters. The van der Waals surface area contributed by atoms with Crippen molar-refractivity contribution in [1.29, 1.82) is 0 Å². The number of anilines is 1. The predicted octanol–water partition coefficient (Wildman–Crippen LogP) is 2.97. The first-order valence-corrected chi connectivity index (χ1v) is 8.30. The van der Waals surface area contributed by atoms with Gasteiger partial charge in [-0.05, 0) is 37.0 Å². The van der Waals surface area contributed by atoms with Crippen molar-refractivity contribution in [1.82, 2.24) is 15.6 Å². The average Bonchev–Trinajstić information content (AvgIpc) is 3.02. The smallest absolute Gasteiger partial charge is 0.263 e. The van der Waals surface area contributed by atoms with Crippen LogP contribution in [0, 0.1) is 0 Å². The molecule has 138 valence electrons. The van der Waals surface area contributed by atoms with E-state index in [0.717, 1.165) is 6.54 Å². The zero-order valence-corrected chi connectivity index (χ0v) is 16.4. The van der Waals surface area contributed by atoms with E-state index in [1.165, 1.54) is 11.3 Å². The van der Waals surface area contributed by atoms with Crippen LogP contribution >= 0.6 is 36.2 Å². The molecule has 0 spiro atoms. The number of halogens is 2. The van der Waals surface area contributed by atoms with Crippen LogP contribution < -0.4 is 16.0 Å². The summed E-state index contributed by atoms with van der Waals surface area (Å²) in [5, 5.41) is 10.6. The Morgan fingerprint density at radius 2 is 1.84 bits per heavy atom. The van der Waals surface area contributed by atoms with Crippen LogP contribution in [-0.4, -0.2) is 35.9 Å². The minimum absolute atomic E-state index is 0. The third-order valence-electron chi connectivity index (χ3n) is 3.18. The summed E-state index contributed by atoms with van der Waals surface area (Å²) >= 11 is 1.30. The maximum atomic E-state index is 12.3. The fourth-order valence-corrected chi connectivity index (χ4v) is 2.79. The highest BCUT2D eigenvalue weighted by molar-refractivity contribution is 7.12. The Hall–Kier alpha value is -1.67. The summed E-state index contributed by atoms with van der Waals surface area (Å²) in [7, 11) is 0. The number of hydrogen-bond donors (Lipinski definition) is 3. The van der Waals surface area contributed by atoms with Gasteiger partial charge in [-0.2, -0.15) is 0 Å². The summed E-state index contributed by atoms with van der Waals surface area (Å²) < 4.78 is 0. The van der Waals surface area contributed by atoms with Gasteiger partial charge in [0.1, 0.15) is 4.88 Å². The van der Waals surface area contributed by atoms with Crippen molar-refractivity contribution in [3.05, 3.63) is 46.4 Å². The molecule has 0 fully saturated rings. The van der Waals surface area contributed by atoms with Gasteiger partial charge < -0.3 is 16.0 Å². The third-order valence-corrected chi connectivity index (χ3v) is 4.10. The third kappa shape index (κ3) is 6.99. The zero-order valence-electron chi connectivity index (χ0n) is 13.9. The highest BCUT2D eigenvalue weighted by Crippen LogP contribution is 2.22. The minimum Gasteiger partial charge on any atom is -0.350 e. The van der Waals surface area contributed by atoms with Crippen LogP contribution in [0.4, 0.5) is 5.69 Å². The van der Waals surface area contributed by atoms with Crippen molar-refractivity contribution in [2.45, 2.75) is 19.9 Å². The molecule has 2 amide bonds. The van der Waals surface area contributed by atoms with E-state index in [2.05, 4.69) is 20.9 Å². The number of amides is 2. The fourth-order valence-electron chi connectivity index (χ4n) is 2.03. The molecule has 9 heteroatoms. The maximum absolute atomic E-state index is 12.3. The van der Waals surface area contributed by atoms with Gasteiger partial charge in [0.2, 0.25) is 0 Å². The molecular weight excluding hydrogens is 383 g/mol. The molecule has 0 saturated carbocycles. The SMILES string of the molecule is CCN[C@H](C)CNC(=O)c1sccc1NC(=O)c1ccncc1.Cl.Cl. The summed E-state index contributed by atoms with van der Waals surface area (Å²) in [4.78, 5) is 28.8. The monoisotopic (exact) mass is 404 g/mol. The molecule has 0 aliphatic carbocycles. The molecule has 2 rings (SSSR count). The molecular formula is C16H22Cl2N4O2S. The number of pyridine rings is 1. The fraction of sp³-hybridized carbons (Fsp3) is 0.312. The second-order valence-corrected chi connectivity index (χ2v) is 5.94. The van der Waals surface area contributed by atoms with E-state index < -0.39 is 0 Å². The van der Waals surface area contributed by atoms with E-state index in [1.54, 1.807) is 36.0 Å². The Labute approximate surface area is 163 Å². The largest absolute Gasteiger partial charge is 0.350 e. The molecule has 0 aliphatic rings. The standard InChI is InChI=1S/C16H20N4O2S.2ClH/c1-3-18-11(2)10-19-16(22)14-13(6-9-23-14)20-15(21)12-4-7-17-8-5-12;;/h4-9,11,18H,3,10H2,1-2H3,(H,19,22)(H,20,21);2*1H/t11-;;/m1../s1. The van der Waals surface area contributed by atoms with Gasteiger partial charge in [0.15, 0.2) is 0 Å². The van der Waals surface area contributed by atoms with Gasteiger partial charge in [-0.25, -0.2) is 0 Å². The highest BCUT2D eigenvalue weighted by atomic mass is 35.5. The summed E-state index contributed by atoms with van der Waals surface area (Å²) in [6.45, 7) is 5.40. The van der Waals surface area contributed by atoms with Crippen molar-refractivity contribution < 1.29 is 9.59 Å². The predicted molar refractivity (Wildman–Crippen MR) is 106 cm³/mol. The average molecular weight is 405 g/mol. The quantitative estimate of drug-likeness (QED) is 0.662. The van der Waals surface area contributed by atoms with Crippen LogP contribution in [0.2, 0.25) is 0 Å². The molecule has 25 heavy (non-hydrogen) atoms. The Balaban J connectivity index is 0.00000288. The number of rotatable bonds is 7. The van der Waals surface area contributed by atoms with Crippen LogP contribution in [0.25, 0.3) is 0 Å². The van der Waals surface area contributed by atoms with Gasteiger partial charge in [0.25, 0.3) is 11.8 Å². The van der Waals surface area contributed by atoms with Crippen molar-refractivity contribution in [2.24, 2.45) is 0 Å². The van der Waals surface area contributed by atoms with Gasteiger partial charge in [-0.1, -0.05) is 6.92 Å². The Morgan fingerprint density at radius 1 is 1.16 bits per heavy atom. The molecule has 2 aromatic heterocycles. The number of likely N-dealkylation sites (N-methyl/N-ethyl adjacent to an activating group) is 1. The van der Waals surface area contributed by atoms with Crippen LogP contribution in [0.5, 0.6) is 0 Å². The van der Waals surface area contributed by atoms with E-state index in [1.807, 2.05) is 13.8 Å². The number of nitrogens with zero attached hydrogens (tertiary/aromatic N) is 1. The normalized spacial score (nSPS) is 10.8. The Morgan fingerprint density at radius 3 is 2.48 bits per heavy atom. The molecule has 0 bridgehead atoms. The van der Waals surface area contributed by atoms with E-state index in [4.69, 9.17) is 0 Å². The van der Waals surface area contributed by atoms with Crippen molar-refractivity contribution in [3.63, 3.8) is 0 Å². The maximum Gasteiger partial charge on any atom is 0.263 e. The van der Waals surface area contributed by atoms with Gasteiger partial charge in [0, 0.05) is 30.5 Å². The molecule has 0 radical (unpaired) electrons. The lowest BCUT2D eigenvalue weighted by atomic mass is 10.2. The van der Waals surface area contributed by atoms with Gasteiger partial charge in [0.05, 0.1) is 5.69 Å². The van der Waals surface area contributed by atoms with E-state index >= 15 is 0 Å². The number of nitrogens with one attached hydrogen (secondary N) is 3. The summed E-state index contributed by atoms with van der Waals surface area (Å²) in [5.41, 5.74) is 1.02. The Kier molecular flexibility index (Phi) is 11.0.